The molecule has 0 unspecified atom stereocenters. The largest absolute Gasteiger partial charge is 0.326 e. The van der Waals surface area contributed by atoms with Crippen LogP contribution in [0.1, 0.15) is 6.42 Å². The molecule has 1 N–H and O–H groups in total. The average Bonchev–Trinajstić information content (AvgIpc) is 3.27. The van der Waals surface area contributed by atoms with Crippen molar-refractivity contribution in [1.29, 1.82) is 0 Å². The third-order valence-corrected chi connectivity index (χ3v) is 5.63. The zero-order valence-corrected chi connectivity index (χ0v) is 15.8. The Labute approximate surface area is 163 Å². The second kappa shape index (κ2) is 7.89. The first kappa shape index (κ1) is 17.7. The lowest BCUT2D eigenvalue weighted by Crippen LogP contribution is -2.12. The van der Waals surface area contributed by atoms with Crippen molar-refractivity contribution in [2.45, 2.75) is 11.6 Å². The van der Waals surface area contributed by atoms with Crippen LogP contribution in [0.3, 0.4) is 0 Å². The summed E-state index contributed by atoms with van der Waals surface area (Å²) in [6.45, 7) is 0. The maximum atomic E-state index is 12.9. The summed E-state index contributed by atoms with van der Waals surface area (Å²) in [5.74, 6) is 0.116. The van der Waals surface area contributed by atoms with Crippen molar-refractivity contribution in [3.8, 4) is 11.3 Å². The first-order valence-corrected chi connectivity index (χ1v) is 10.1. The van der Waals surface area contributed by atoms with E-state index in [1.807, 2.05) is 34.7 Å². The summed E-state index contributed by atoms with van der Waals surface area (Å²) < 4.78 is 14.9. The van der Waals surface area contributed by atoms with Gasteiger partial charge in [0, 0.05) is 23.2 Å². The minimum absolute atomic E-state index is 0.122. The summed E-state index contributed by atoms with van der Waals surface area (Å²) in [4.78, 5) is 12.9. The standard InChI is InChI=1S/C19H15FN4OS2/c20-14-6-8-15(9-7-14)21-17(25)10-11-26-18-22-23-19-24(18)16(12-27-19)13-4-2-1-3-5-13/h1-9,12H,10-11H2,(H,21,25). The molecular weight excluding hydrogens is 383 g/mol. The highest BCUT2D eigenvalue weighted by atomic mass is 32.2. The van der Waals surface area contributed by atoms with Gasteiger partial charge in [-0.3, -0.25) is 9.20 Å². The van der Waals surface area contributed by atoms with Crippen LogP contribution in [0.5, 0.6) is 0 Å². The lowest BCUT2D eigenvalue weighted by Gasteiger charge is -2.05. The van der Waals surface area contributed by atoms with Gasteiger partial charge in [0.25, 0.3) is 0 Å². The van der Waals surface area contributed by atoms with E-state index in [1.165, 1.54) is 35.2 Å². The van der Waals surface area contributed by atoms with Gasteiger partial charge in [-0.1, -0.05) is 42.1 Å². The van der Waals surface area contributed by atoms with Gasteiger partial charge in [0.2, 0.25) is 10.9 Å². The van der Waals surface area contributed by atoms with Gasteiger partial charge in [0.15, 0.2) is 5.16 Å². The molecule has 0 fully saturated rings. The van der Waals surface area contributed by atoms with Gasteiger partial charge in [0.1, 0.15) is 5.82 Å². The first-order chi connectivity index (χ1) is 13.2. The van der Waals surface area contributed by atoms with E-state index in [4.69, 9.17) is 0 Å². The summed E-state index contributed by atoms with van der Waals surface area (Å²) in [6.07, 6.45) is 0.321. The third-order valence-electron chi connectivity index (χ3n) is 3.88. The van der Waals surface area contributed by atoms with Crippen LogP contribution in [-0.2, 0) is 4.79 Å². The maximum absolute atomic E-state index is 12.9. The summed E-state index contributed by atoms with van der Waals surface area (Å²) in [5, 5.41) is 14.0. The second-order valence-corrected chi connectivity index (χ2v) is 7.64. The van der Waals surface area contributed by atoms with Crippen molar-refractivity contribution in [1.82, 2.24) is 14.6 Å². The highest BCUT2D eigenvalue weighted by molar-refractivity contribution is 7.99. The van der Waals surface area contributed by atoms with Crippen molar-refractivity contribution in [2.24, 2.45) is 0 Å². The number of fused-ring (bicyclic) bond motifs is 1. The predicted molar refractivity (Wildman–Crippen MR) is 107 cm³/mol. The van der Waals surface area contributed by atoms with E-state index >= 15 is 0 Å². The fourth-order valence-corrected chi connectivity index (χ4v) is 4.37. The van der Waals surface area contributed by atoms with Gasteiger partial charge in [-0.05, 0) is 29.8 Å². The third kappa shape index (κ3) is 4.01. The van der Waals surface area contributed by atoms with E-state index in [-0.39, 0.29) is 11.7 Å². The molecule has 2 heterocycles. The molecule has 5 nitrogen and oxygen atoms in total. The number of rotatable bonds is 6. The van der Waals surface area contributed by atoms with Crippen LogP contribution in [0, 0.1) is 5.82 Å². The lowest BCUT2D eigenvalue weighted by molar-refractivity contribution is -0.115. The lowest BCUT2D eigenvalue weighted by atomic mass is 10.2. The summed E-state index contributed by atoms with van der Waals surface area (Å²) >= 11 is 3.02. The van der Waals surface area contributed by atoms with Crippen molar-refractivity contribution in [2.75, 3.05) is 11.1 Å². The molecule has 1 amide bonds. The number of aromatic nitrogens is 3. The van der Waals surface area contributed by atoms with Gasteiger partial charge in [-0.15, -0.1) is 21.5 Å². The van der Waals surface area contributed by atoms with E-state index in [0.29, 0.717) is 17.9 Å². The molecule has 0 spiro atoms. The second-order valence-electron chi connectivity index (χ2n) is 5.74. The Morgan fingerprint density at radius 3 is 2.67 bits per heavy atom. The number of hydrogen-bond donors (Lipinski definition) is 1. The molecule has 4 rings (SSSR count). The molecule has 0 aliphatic heterocycles. The number of halogens is 1. The number of carbonyl (C=O) groups excluding carboxylic acids is 1. The van der Waals surface area contributed by atoms with Crippen LogP contribution < -0.4 is 5.32 Å². The topological polar surface area (TPSA) is 59.3 Å². The minimum atomic E-state index is -0.329. The molecule has 0 atom stereocenters. The maximum Gasteiger partial charge on any atom is 0.225 e. The van der Waals surface area contributed by atoms with Crippen LogP contribution >= 0.6 is 23.1 Å². The number of thioether (sulfide) groups is 1. The highest BCUT2D eigenvalue weighted by Crippen LogP contribution is 2.29. The summed E-state index contributed by atoms with van der Waals surface area (Å²) in [5.41, 5.74) is 2.72. The SMILES string of the molecule is O=C(CCSc1nnc2scc(-c3ccccc3)n12)Nc1ccc(F)cc1. The van der Waals surface area contributed by atoms with Gasteiger partial charge in [0.05, 0.1) is 5.69 Å². The van der Waals surface area contributed by atoms with Crippen LogP contribution in [0.15, 0.2) is 65.1 Å². The van der Waals surface area contributed by atoms with Crippen LogP contribution in [0.25, 0.3) is 16.2 Å². The smallest absolute Gasteiger partial charge is 0.225 e. The summed E-state index contributed by atoms with van der Waals surface area (Å²) in [6, 6.07) is 15.8. The van der Waals surface area contributed by atoms with E-state index in [1.54, 1.807) is 12.1 Å². The van der Waals surface area contributed by atoms with Crippen molar-refractivity contribution >= 4 is 39.7 Å². The predicted octanol–water partition coefficient (Wildman–Crippen LogP) is 4.72. The quantitative estimate of drug-likeness (QED) is 0.478. The zero-order chi connectivity index (χ0) is 18.6. The molecule has 0 bridgehead atoms. The molecule has 2 aromatic carbocycles. The molecule has 0 radical (unpaired) electrons. The molecule has 0 saturated heterocycles. The number of carbonyl (C=O) groups is 1. The van der Waals surface area contributed by atoms with Gasteiger partial charge < -0.3 is 5.32 Å². The molecule has 4 aromatic rings. The van der Waals surface area contributed by atoms with Crippen LogP contribution in [0.2, 0.25) is 0 Å². The molecule has 27 heavy (non-hydrogen) atoms. The van der Waals surface area contributed by atoms with Gasteiger partial charge in [-0.25, -0.2) is 4.39 Å². The number of nitrogens with one attached hydrogen (secondary N) is 1. The number of nitrogens with zero attached hydrogens (tertiary/aromatic N) is 3. The minimum Gasteiger partial charge on any atom is -0.326 e. The van der Waals surface area contributed by atoms with E-state index < -0.39 is 0 Å². The average molecular weight is 398 g/mol. The Balaban J connectivity index is 1.41. The Bertz CT molecular complexity index is 1060. The molecular formula is C19H15FN4OS2. The Morgan fingerprint density at radius 1 is 1.11 bits per heavy atom. The molecule has 8 heteroatoms. The Kier molecular flexibility index (Phi) is 5.17. The number of hydrogen-bond acceptors (Lipinski definition) is 5. The number of benzene rings is 2. The van der Waals surface area contributed by atoms with Crippen LogP contribution in [0.4, 0.5) is 10.1 Å². The van der Waals surface area contributed by atoms with Crippen molar-refractivity contribution in [3.05, 3.63) is 65.8 Å². The molecule has 136 valence electrons. The van der Waals surface area contributed by atoms with E-state index in [9.17, 15) is 9.18 Å². The zero-order valence-electron chi connectivity index (χ0n) is 14.1. The van der Waals surface area contributed by atoms with Gasteiger partial charge >= 0.3 is 0 Å². The van der Waals surface area contributed by atoms with Crippen molar-refractivity contribution in [3.63, 3.8) is 0 Å². The monoisotopic (exact) mass is 398 g/mol. The molecule has 0 saturated carbocycles. The fraction of sp³-hybridized carbons (Fsp3) is 0.105. The normalized spacial score (nSPS) is 11.0. The molecule has 0 aliphatic rings. The fourth-order valence-electron chi connectivity index (χ4n) is 2.59. The van der Waals surface area contributed by atoms with Gasteiger partial charge in [-0.2, -0.15) is 0 Å². The number of thiazole rings is 1. The van der Waals surface area contributed by atoms with E-state index in [0.717, 1.165) is 21.4 Å². The van der Waals surface area contributed by atoms with Crippen molar-refractivity contribution < 1.29 is 9.18 Å². The number of anilines is 1. The highest BCUT2D eigenvalue weighted by Gasteiger charge is 2.14. The number of amides is 1. The Hall–Kier alpha value is -2.71. The van der Waals surface area contributed by atoms with E-state index in [2.05, 4.69) is 20.9 Å². The molecule has 0 aliphatic carbocycles. The van der Waals surface area contributed by atoms with Crippen LogP contribution in [-0.4, -0.2) is 26.3 Å². The first-order valence-electron chi connectivity index (χ1n) is 8.27. The summed E-state index contributed by atoms with van der Waals surface area (Å²) in [7, 11) is 0. The Morgan fingerprint density at radius 2 is 1.89 bits per heavy atom. The molecule has 2 aromatic heterocycles.